The number of aliphatic carboxylic acids is 1. The van der Waals surface area contributed by atoms with Crippen molar-refractivity contribution in [1.29, 1.82) is 0 Å². The summed E-state index contributed by atoms with van der Waals surface area (Å²) in [6, 6.07) is 0. The lowest BCUT2D eigenvalue weighted by Crippen LogP contribution is -2.79. The summed E-state index contributed by atoms with van der Waals surface area (Å²) in [4.78, 5) is 35.2. The van der Waals surface area contributed by atoms with E-state index in [1.54, 1.807) is 0 Å². The minimum Gasteiger partial charge on any atom is -0.477 e. The molecule has 0 spiro atoms. The molecule has 2 aliphatic heterocycles. The second-order valence-corrected chi connectivity index (χ2v) is 5.64. The number of ether oxygens (including phenoxy) is 1. The zero-order valence-corrected chi connectivity index (χ0v) is 11.5. The monoisotopic (exact) mass is 302 g/mol. The van der Waals surface area contributed by atoms with Crippen molar-refractivity contribution in [2.75, 3.05) is 19.0 Å². The average molecular weight is 302 g/mol. The van der Waals surface area contributed by atoms with Crippen LogP contribution in [0.5, 0.6) is 0 Å². The molecule has 0 aromatic rings. The summed E-state index contributed by atoms with van der Waals surface area (Å²) in [5.41, 5.74) is 4.44. The summed E-state index contributed by atoms with van der Waals surface area (Å²) in [6.45, 7) is 0.481. The second-order valence-electron chi connectivity index (χ2n) is 4.57. The van der Waals surface area contributed by atoms with E-state index in [9.17, 15) is 24.6 Å². The SMILES string of the molecule is CC(=O)OCC1=C(C(=O)O)N2C(=O)[C@@](N)(CO)[C@H]2SC1. The average Bonchev–Trinajstić information content (AvgIpc) is 2.42. The van der Waals surface area contributed by atoms with Crippen molar-refractivity contribution < 1.29 is 29.3 Å². The van der Waals surface area contributed by atoms with E-state index >= 15 is 0 Å². The Hall–Kier alpha value is -1.58. The van der Waals surface area contributed by atoms with Crippen LogP contribution in [0.2, 0.25) is 0 Å². The van der Waals surface area contributed by atoms with Crippen molar-refractivity contribution in [2.45, 2.75) is 17.8 Å². The number of fused-ring (bicyclic) bond motifs is 1. The molecule has 0 aromatic carbocycles. The summed E-state index contributed by atoms with van der Waals surface area (Å²) in [6.07, 6.45) is 0. The summed E-state index contributed by atoms with van der Waals surface area (Å²) < 4.78 is 4.79. The molecule has 2 atom stereocenters. The predicted molar refractivity (Wildman–Crippen MR) is 68.4 cm³/mol. The van der Waals surface area contributed by atoms with E-state index < -0.39 is 35.4 Å². The smallest absolute Gasteiger partial charge is 0.352 e. The fourth-order valence-electron chi connectivity index (χ4n) is 2.16. The van der Waals surface area contributed by atoms with E-state index in [4.69, 9.17) is 10.5 Å². The van der Waals surface area contributed by atoms with Gasteiger partial charge in [0.25, 0.3) is 5.91 Å². The van der Waals surface area contributed by atoms with Crippen LogP contribution in [-0.4, -0.2) is 62.8 Å². The molecule has 1 fully saturated rings. The molecule has 9 heteroatoms. The minimum atomic E-state index is -1.45. The highest BCUT2D eigenvalue weighted by Gasteiger charge is 2.62. The Morgan fingerprint density at radius 3 is 2.75 bits per heavy atom. The maximum Gasteiger partial charge on any atom is 0.352 e. The molecule has 1 saturated heterocycles. The molecule has 0 unspecified atom stereocenters. The second kappa shape index (κ2) is 5.08. The first-order valence-corrected chi connectivity index (χ1v) is 6.81. The van der Waals surface area contributed by atoms with Crippen molar-refractivity contribution in [3.8, 4) is 0 Å². The third-order valence-electron chi connectivity index (χ3n) is 3.20. The Bertz CT molecular complexity index is 519. The highest BCUT2D eigenvalue weighted by Crippen LogP contribution is 2.44. The van der Waals surface area contributed by atoms with Gasteiger partial charge >= 0.3 is 11.9 Å². The Morgan fingerprint density at radius 2 is 2.25 bits per heavy atom. The van der Waals surface area contributed by atoms with Gasteiger partial charge in [0, 0.05) is 18.2 Å². The summed E-state index contributed by atoms with van der Waals surface area (Å²) in [5.74, 6) is -2.20. The van der Waals surface area contributed by atoms with Crippen molar-refractivity contribution in [2.24, 2.45) is 5.73 Å². The van der Waals surface area contributed by atoms with Gasteiger partial charge in [-0.25, -0.2) is 4.79 Å². The van der Waals surface area contributed by atoms with Crippen LogP contribution in [0.4, 0.5) is 0 Å². The summed E-state index contributed by atoms with van der Waals surface area (Å²) >= 11 is 1.24. The van der Waals surface area contributed by atoms with Gasteiger partial charge in [-0.15, -0.1) is 11.8 Å². The topological polar surface area (TPSA) is 130 Å². The third-order valence-corrected chi connectivity index (χ3v) is 4.66. The quantitative estimate of drug-likeness (QED) is 0.422. The first-order valence-electron chi connectivity index (χ1n) is 5.76. The van der Waals surface area contributed by atoms with Crippen LogP contribution in [0.15, 0.2) is 11.3 Å². The molecule has 0 aliphatic carbocycles. The molecular formula is C11H14N2O6S. The molecular weight excluding hydrogens is 288 g/mol. The number of carbonyl (C=O) groups excluding carboxylic acids is 2. The van der Waals surface area contributed by atoms with Gasteiger partial charge in [-0.1, -0.05) is 0 Å². The van der Waals surface area contributed by atoms with Gasteiger partial charge in [-0.3, -0.25) is 14.5 Å². The number of esters is 1. The predicted octanol–water partition coefficient (Wildman–Crippen LogP) is -1.51. The number of hydrogen-bond donors (Lipinski definition) is 3. The van der Waals surface area contributed by atoms with Gasteiger partial charge in [0.2, 0.25) is 0 Å². The molecule has 2 rings (SSSR count). The number of carboxylic acid groups (broad SMARTS) is 1. The largest absolute Gasteiger partial charge is 0.477 e. The molecule has 0 bridgehead atoms. The zero-order valence-electron chi connectivity index (χ0n) is 10.7. The van der Waals surface area contributed by atoms with Gasteiger partial charge in [-0.05, 0) is 0 Å². The molecule has 20 heavy (non-hydrogen) atoms. The van der Waals surface area contributed by atoms with E-state index in [-0.39, 0.29) is 18.1 Å². The van der Waals surface area contributed by atoms with Crippen LogP contribution in [0, 0.1) is 0 Å². The number of nitrogens with two attached hydrogens (primary N) is 1. The van der Waals surface area contributed by atoms with Gasteiger partial charge in [-0.2, -0.15) is 0 Å². The van der Waals surface area contributed by atoms with E-state index in [0.29, 0.717) is 5.57 Å². The number of rotatable bonds is 4. The Balaban J connectivity index is 2.31. The van der Waals surface area contributed by atoms with E-state index in [1.807, 2.05) is 0 Å². The van der Waals surface area contributed by atoms with Gasteiger partial charge in [0.05, 0.1) is 6.61 Å². The number of amides is 1. The lowest BCUT2D eigenvalue weighted by Gasteiger charge is -2.54. The highest BCUT2D eigenvalue weighted by molar-refractivity contribution is 8.00. The van der Waals surface area contributed by atoms with Crippen LogP contribution in [0.25, 0.3) is 0 Å². The Labute approximate surface area is 118 Å². The van der Waals surface area contributed by atoms with Crippen molar-refractivity contribution >= 4 is 29.6 Å². The Kier molecular flexibility index (Phi) is 3.76. The molecule has 2 heterocycles. The lowest BCUT2D eigenvalue weighted by atomic mass is 9.88. The number of aliphatic hydroxyl groups excluding tert-OH is 1. The van der Waals surface area contributed by atoms with Crippen molar-refractivity contribution in [3.05, 3.63) is 11.3 Å². The van der Waals surface area contributed by atoms with E-state index in [0.717, 1.165) is 4.90 Å². The number of hydrogen-bond acceptors (Lipinski definition) is 7. The molecule has 0 saturated carbocycles. The highest BCUT2D eigenvalue weighted by atomic mass is 32.2. The number of carboxylic acids is 1. The normalized spacial score (nSPS) is 28.9. The maximum atomic E-state index is 12.0. The molecule has 8 nitrogen and oxygen atoms in total. The van der Waals surface area contributed by atoms with E-state index in [1.165, 1.54) is 18.7 Å². The number of aliphatic hydroxyl groups is 1. The van der Waals surface area contributed by atoms with Crippen LogP contribution in [0.1, 0.15) is 6.92 Å². The summed E-state index contributed by atoms with van der Waals surface area (Å²) in [7, 11) is 0. The van der Waals surface area contributed by atoms with Crippen LogP contribution < -0.4 is 5.73 Å². The van der Waals surface area contributed by atoms with Crippen molar-refractivity contribution in [1.82, 2.24) is 4.90 Å². The van der Waals surface area contributed by atoms with Crippen LogP contribution in [0.3, 0.4) is 0 Å². The molecule has 110 valence electrons. The third kappa shape index (κ3) is 2.07. The molecule has 0 radical (unpaired) electrons. The first-order chi connectivity index (χ1) is 9.32. The molecule has 4 N–H and O–H groups in total. The molecule has 1 amide bonds. The van der Waals surface area contributed by atoms with Crippen LogP contribution >= 0.6 is 11.8 Å². The number of carbonyl (C=O) groups is 3. The van der Waals surface area contributed by atoms with Gasteiger partial charge in [0.1, 0.15) is 23.2 Å². The fraction of sp³-hybridized carbons (Fsp3) is 0.545. The Morgan fingerprint density at radius 1 is 1.60 bits per heavy atom. The molecule has 2 aliphatic rings. The lowest BCUT2D eigenvalue weighted by molar-refractivity contribution is -0.157. The number of β-lactam (4-membered cyclic amide) rings is 1. The fourth-order valence-corrected chi connectivity index (χ4v) is 3.56. The van der Waals surface area contributed by atoms with Gasteiger partial charge in [0.15, 0.2) is 0 Å². The van der Waals surface area contributed by atoms with Crippen LogP contribution in [-0.2, 0) is 19.1 Å². The minimum absolute atomic E-state index is 0.183. The number of thioether (sulfide) groups is 1. The zero-order chi connectivity index (χ0) is 15.1. The van der Waals surface area contributed by atoms with Gasteiger partial charge < -0.3 is 20.7 Å². The summed E-state index contributed by atoms with van der Waals surface area (Å²) in [5, 5.41) is 17.8. The maximum absolute atomic E-state index is 12.0. The first kappa shape index (κ1) is 14.8. The van der Waals surface area contributed by atoms with E-state index in [2.05, 4.69) is 0 Å². The number of nitrogens with zero attached hydrogens (tertiary/aromatic N) is 1. The molecule has 0 aromatic heterocycles. The standard InChI is InChI=1S/C11H14N2O6S/c1-5(15)19-2-6-3-20-10-11(12,4-14)9(18)13(10)7(6)8(16)17/h10,14H,2-4,12H2,1H3,(H,16,17)/t10-,11+/m1/s1. The van der Waals surface area contributed by atoms with Crippen molar-refractivity contribution in [3.63, 3.8) is 0 Å².